The minimum Gasteiger partial charge on any atom is -0.447 e. The predicted molar refractivity (Wildman–Crippen MR) is 137 cm³/mol. The molecule has 1 aliphatic rings. The highest BCUT2D eigenvalue weighted by atomic mass is 79.9. The van der Waals surface area contributed by atoms with Gasteiger partial charge in [0.1, 0.15) is 11.6 Å². The molecule has 1 fully saturated rings. The molecule has 0 amide bonds. The second kappa shape index (κ2) is 9.69. The van der Waals surface area contributed by atoms with Crippen molar-refractivity contribution in [2.75, 3.05) is 0 Å². The highest BCUT2D eigenvalue weighted by molar-refractivity contribution is 9.10. The molecule has 4 aromatic rings. The Morgan fingerprint density at radius 2 is 1.88 bits per heavy atom. The third-order valence-electron chi connectivity index (χ3n) is 5.96. The summed E-state index contributed by atoms with van der Waals surface area (Å²) in [5, 5.41) is 5.89. The van der Waals surface area contributed by atoms with Gasteiger partial charge in [0.15, 0.2) is 5.09 Å². The summed E-state index contributed by atoms with van der Waals surface area (Å²) in [6.07, 6.45) is 7.21. The van der Waals surface area contributed by atoms with Crippen LogP contribution in [-0.4, -0.2) is 15.9 Å². The maximum atomic E-state index is 13.3. The van der Waals surface area contributed by atoms with E-state index in [-0.39, 0.29) is 11.5 Å². The van der Waals surface area contributed by atoms with Crippen molar-refractivity contribution in [1.82, 2.24) is 9.66 Å². The van der Waals surface area contributed by atoms with Gasteiger partial charge in [-0.15, -0.1) is 0 Å². The summed E-state index contributed by atoms with van der Waals surface area (Å²) >= 11 is 5.12. The zero-order valence-corrected chi connectivity index (χ0v) is 20.7. The number of furan rings is 1. The fourth-order valence-corrected chi connectivity index (χ4v) is 5.54. The lowest BCUT2D eigenvalue weighted by Crippen LogP contribution is -2.25. The molecule has 0 radical (unpaired) electrons. The maximum absolute atomic E-state index is 13.3. The van der Waals surface area contributed by atoms with Crippen LogP contribution >= 0.6 is 27.7 Å². The highest BCUT2D eigenvalue weighted by Gasteiger charge is 2.22. The Morgan fingerprint density at radius 3 is 2.67 bits per heavy atom. The van der Waals surface area contributed by atoms with E-state index in [1.165, 1.54) is 16.7 Å². The zero-order valence-electron chi connectivity index (χ0n) is 18.3. The average molecular weight is 522 g/mol. The van der Waals surface area contributed by atoms with E-state index in [1.807, 2.05) is 24.3 Å². The van der Waals surface area contributed by atoms with Crippen LogP contribution in [0.1, 0.15) is 55.2 Å². The van der Waals surface area contributed by atoms with Gasteiger partial charge >= 0.3 is 0 Å². The van der Waals surface area contributed by atoms with Crippen LogP contribution < -0.4 is 5.56 Å². The molecule has 0 N–H and O–H groups in total. The Bertz CT molecular complexity index is 1370. The van der Waals surface area contributed by atoms with Gasteiger partial charge in [-0.25, -0.2) is 4.98 Å². The average Bonchev–Trinajstić information content (AvgIpc) is 3.19. The van der Waals surface area contributed by atoms with E-state index in [0.717, 1.165) is 51.5 Å². The monoisotopic (exact) mass is 521 g/mol. The molecule has 33 heavy (non-hydrogen) atoms. The third kappa shape index (κ3) is 4.84. The summed E-state index contributed by atoms with van der Waals surface area (Å²) in [5.41, 5.74) is 1.80. The van der Waals surface area contributed by atoms with Crippen molar-refractivity contribution >= 4 is 44.8 Å². The Hall–Kier alpha value is -2.64. The fourth-order valence-electron chi connectivity index (χ4n) is 4.21. The number of hydrogen-bond donors (Lipinski definition) is 0. The van der Waals surface area contributed by atoms with Gasteiger partial charge in [0.2, 0.25) is 0 Å². The molecular formula is C26H24BrN3O2S. The second-order valence-electron chi connectivity index (χ2n) is 8.38. The van der Waals surface area contributed by atoms with Crippen molar-refractivity contribution in [3.05, 3.63) is 86.6 Å². The van der Waals surface area contributed by atoms with Crippen molar-refractivity contribution in [2.45, 2.75) is 54.9 Å². The van der Waals surface area contributed by atoms with Crippen molar-refractivity contribution in [2.24, 2.45) is 5.10 Å². The smallest absolute Gasteiger partial charge is 0.282 e. The summed E-state index contributed by atoms with van der Waals surface area (Å²) in [6, 6.07) is 17.6. The van der Waals surface area contributed by atoms with Crippen molar-refractivity contribution < 1.29 is 4.42 Å². The molecule has 7 heteroatoms. The van der Waals surface area contributed by atoms with Crippen LogP contribution in [0.4, 0.5) is 0 Å². The summed E-state index contributed by atoms with van der Waals surface area (Å²) in [7, 11) is 0. The van der Waals surface area contributed by atoms with E-state index in [0.29, 0.717) is 11.1 Å². The van der Waals surface area contributed by atoms with E-state index >= 15 is 0 Å². The summed E-state index contributed by atoms with van der Waals surface area (Å²) in [4.78, 5) is 19.3. The molecule has 5 nitrogen and oxygen atoms in total. The first kappa shape index (κ1) is 22.2. The molecular weight excluding hydrogens is 498 g/mol. The first-order valence-electron chi connectivity index (χ1n) is 11.2. The maximum Gasteiger partial charge on any atom is 0.282 e. The summed E-state index contributed by atoms with van der Waals surface area (Å²) in [5.74, 6) is 1.56. The van der Waals surface area contributed by atoms with Gasteiger partial charge in [-0.1, -0.05) is 60.9 Å². The molecule has 168 valence electrons. The van der Waals surface area contributed by atoms with E-state index < -0.39 is 0 Å². The van der Waals surface area contributed by atoms with Crippen LogP contribution in [0.2, 0.25) is 0 Å². The van der Waals surface area contributed by atoms with Gasteiger partial charge in [-0.2, -0.15) is 9.78 Å². The number of rotatable bonds is 5. The van der Waals surface area contributed by atoms with Gasteiger partial charge in [-0.05, 0) is 60.0 Å². The minimum atomic E-state index is -0.141. The number of aryl methyl sites for hydroxylation is 1. The third-order valence-corrected chi connectivity index (χ3v) is 7.80. The van der Waals surface area contributed by atoms with Gasteiger partial charge in [-0.3, -0.25) is 4.79 Å². The number of benzene rings is 2. The molecule has 0 bridgehead atoms. The number of nitrogens with zero attached hydrogens (tertiary/aromatic N) is 3. The molecule has 0 spiro atoms. The molecule has 1 saturated carbocycles. The van der Waals surface area contributed by atoms with Gasteiger partial charge in [0.05, 0.1) is 21.6 Å². The van der Waals surface area contributed by atoms with E-state index in [9.17, 15) is 4.79 Å². The fraction of sp³-hybridized carbons (Fsp3) is 0.269. The van der Waals surface area contributed by atoms with Crippen LogP contribution in [0.15, 0.2) is 83.4 Å². The predicted octanol–water partition coefficient (Wildman–Crippen LogP) is 7.14. The Morgan fingerprint density at radius 1 is 1.12 bits per heavy atom. The van der Waals surface area contributed by atoms with Crippen LogP contribution in [0, 0.1) is 6.92 Å². The Labute approximate surface area is 205 Å². The molecule has 1 aliphatic carbocycles. The van der Waals surface area contributed by atoms with Crippen molar-refractivity contribution in [3.8, 4) is 0 Å². The highest BCUT2D eigenvalue weighted by Crippen LogP contribution is 2.36. The largest absolute Gasteiger partial charge is 0.447 e. The normalized spacial score (nSPS) is 15.0. The molecule has 0 aliphatic heterocycles. The number of halogens is 1. The number of para-hydroxylation sites is 1. The SMILES string of the molecule is Cc1ccc(Sc2oc(C=Nn3c(C4CCCCC4)nc4ccccc4c3=O)cc2Br)cc1. The molecule has 2 aromatic heterocycles. The van der Waals surface area contributed by atoms with Crippen LogP contribution in [0.3, 0.4) is 0 Å². The lowest BCUT2D eigenvalue weighted by molar-refractivity contribution is 0.416. The molecule has 2 aromatic carbocycles. The van der Waals surface area contributed by atoms with Crippen molar-refractivity contribution in [1.29, 1.82) is 0 Å². The Balaban J connectivity index is 1.49. The van der Waals surface area contributed by atoms with Crippen LogP contribution in [-0.2, 0) is 0 Å². The molecule has 2 heterocycles. The van der Waals surface area contributed by atoms with Crippen LogP contribution in [0.25, 0.3) is 10.9 Å². The topological polar surface area (TPSA) is 60.4 Å². The van der Waals surface area contributed by atoms with E-state index in [1.54, 1.807) is 24.0 Å². The summed E-state index contributed by atoms with van der Waals surface area (Å²) in [6.45, 7) is 2.07. The first-order valence-corrected chi connectivity index (χ1v) is 12.8. The molecule has 0 unspecified atom stereocenters. The van der Waals surface area contributed by atoms with Crippen LogP contribution in [0.5, 0.6) is 0 Å². The summed E-state index contributed by atoms with van der Waals surface area (Å²) < 4.78 is 8.34. The lowest BCUT2D eigenvalue weighted by Gasteiger charge is -2.22. The van der Waals surface area contributed by atoms with Gasteiger partial charge < -0.3 is 4.42 Å². The minimum absolute atomic E-state index is 0.141. The van der Waals surface area contributed by atoms with E-state index in [4.69, 9.17) is 9.40 Å². The Kier molecular flexibility index (Phi) is 6.51. The van der Waals surface area contributed by atoms with Gasteiger partial charge in [0.25, 0.3) is 5.56 Å². The van der Waals surface area contributed by atoms with Gasteiger partial charge in [0, 0.05) is 16.9 Å². The first-order chi connectivity index (χ1) is 16.1. The standard InChI is InChI=1S/C26H24BrN3O2S/c1-17-11-13-20(14-12-17)33-26-22(27)15-19(32-26)16-28-30-24(18-7-3-2-4-8-18)29-23-10-6-5-9-21(23)25(30)31/h5-6,9-16,18H,2-4,7-8H2,1H3. The van der Waals surface area contributed by atoms with E-state index in [2.05, 4.69) is 52.2 Å². The number of fused-ring (bicyclic) bond motifs is 1. The molecule has 0 atom stereocenters. The second-order valence-corrected chi connectivity index (χ2v) is 10.3. The molecule has 0 saturated heterocycles. The quantitative estimate of drug-likeness (QED) is 0.262. The zero-order chi connectivity index (χ0) is 22.8. The molecule has 5 rings (SSSR count). The van der Waals surface area contributed by atoms with Crippen molar-refractivity contribution in [3.63, 3.8) is 0 Å². The number of aromatic nitrogens is 2. The lowest BCUT2D eigenvalue weighted by atomic mass is 9.88. The number of hydrogen-bond acceptors (Lipinski definition) is 5.